The Morgan fingerprint density at radius 1 is 1.54 bits per heavy atom. The lowest BCUT2D eigenvalue weighted by molar-refractivity contribution is 0.0510. The molecule has 0 heterocycles. The second-order valence-electron chi connectivity index (χ2n) is 3.78. The van der Waals surface area contributed by atoms with E-state index in [4.69, 9.17) is 10.5 Å². The summed E-state index contributed by atoms with van der Waals surface area (Å²) in [6.45, 7) is 7.70. The lowest BCUT2D eigenvalue weighted by Gasteiger charge is -2.21. The number of carbonyl (C=O) groups excluding carboxylic acids is 1. The van der Waals surface area contributed by atoms with Crippen molar-refractivity contribution in [2.75, 3.05) is 6.54 Å². The standard InChI is InChI=1S/C8H18N2O2.ClH/c1-6(5-9)10-7(11)12-8(2,3)4;/h6H,5,9H2,1-4H3,(H,10,11);1H/t6-;/m1./s1. The van der Waals surface area contributed by atoms with Gasteiger partial charge in [-0.25, -0.2) is 4.79 Å². The van der Waals surface area contributed by atoms with E-state index in [0.29, 0.717) is 6.54 Å². The summed E-state index contributed by atoms with van der Waals surface area (Å²) in [6, 6.07) is -0.0418. The number of nitrogens with two attached hydrogens (primary N) is 1. The molecule has 0 aliphatic carbocycles. The maximum absolute atomic E-state index is 11.0. The molecule has 0 rings (SSSR count). The second kappa shape index (κ2) is 6.05. The summed E-state index contributed by atoms with van der Waals surface area (Å²) < 4.78 is 5.00. The van der Waals surface area contributed by atoms with Crippen LogP contribution in [0.15, 0.2) is 0 Å². The number of rotatable bonds is 2. The highest BCUT2D eigenvalue weighted by Gasteiger charge is 2.16. The van der Waals surface area contributed by atoms with E-state index in [2.05, 4.69) is 5.32 Å². The molecule has 1 amide bonds. The van der Waals surface area contributed by atoms with Gasteiger partial charge in [-0.3, -0.25) is 0 Å². The van der Waals surface area contributed by atoms with Crippen LogP contribution in [0.1, 0.15) is 27.7 Å². The van der Waals surface area contributed by atoms with Crippen LogP contribution in [0.3, 0.4) is 0 Å². The van der Waals surface area contributed by atoms with Gasteiger partial charge >= 0.3 is 6.09 Å². The minimum atomic E-state index is -0.446. The molecule has 5 heteroatoms. The maximum atomic E-state index is 11.0. The molecule has 0 bridgehead atoms. The molecule has 4 nitrogen and oxygen atoms in total. The molecule has 0 fully saturated rings. The Bertz CT molecular complexity index is 157. The average Bonchev–Trinajstić information content (AvgIpc) is 1.82. The number of alkyl carbamates (subject to hydrolysis) is 1. The van der Waals surface area contributed by atoms with Gasteiger partial charge in [0.25, 0.3) is 0 Å². The van der Waals surface area contributed by atoms with E-state index in [9.17, 15) is 4.79 Å². The van der Waals surface area contributed by atoms with Gasteiger partial charge in [0.05, 0.1) is 0 Å². The van der Waals surface area contributed by atoms with Gasteiger partial charge in [-0.1, -0.05) is 0 Å². The van der Waals surface area contributed by atoms with Gasteiger partial charge in [-0.15, -0.1) is 12.4 Å². The van der Waals surface area contributed by atoms with Crippen LogP contribution in [0.2, 0.25) is 0 Å². The Morgan fingerprint density at radius 2 is 2.00 bits per heavy atom. The number of hydrogen-bond donors (Lipinski definition) is 2. The van der Waals surface area contributed by atoms with Crippen LogP contribution < -0.4 is 11.1 Å². The van der Waals surface area contributed by atoms with Gasteiger partial charge in [-0.05, 0) is 27.7 Å². The molecule has 13 heavy (non-hydrogen) atoms. The second-order valence-corrected chi connectivity index (χ2v) is 3.78. The van der Waals surface area contributed by atoms with E-state index < -0.39 is 11.7 Å². The predicted molar refractivity (Wildman–Crippen MR) is 55.1 cm³/mol. The zero-order valence-corrected chi connectivity index (χ0v) is 9.40. The number of nitrogens with one attached hydrogen (secondary N) is 1. The van der Waals surface area contributed by atoms with Crippen molar-refractivity contribution < 1.29 is 9.53 Å². The van der Waals surface area contributed by atoms with Gasteiger partial charge in [0.1, 0.15) is 5.60 Å². The highest BCUT2D eigenvalue weighted by atomic mass is 35.5. The number of carbonyl (C=O) groups is 1. The smallest absolute Gasteiger partial charge is 0.407 e. The number of amides is 1. The van der Waals surface area contributed by atoms with Crippen molar-refractivity contribution in [2.45, 2.75) is 39.3 Å². The normalized spacial score (nSPS) is 12.7. The number of hydrogen-bond acceptors (Lipinski definition) is 3. The van der Waals surface area contributed by atoms with Crippen LogP contribution in [0.5, 0.6) is 0 Å². The zero-order chi connectivity index (χ0) is 9.78. The van der Waals surface area contributed by atoms with Gasteiger partial charge in [0.15, 0.2) is 0 Å². The van der Waals surface area contributed by atoms with Crippen LogP contribution in [-0.4, -0.2) is 24.3 Å². The van der Waals surface area contributed by atoms with Gasteiger partial charge in [0, 0.05) is 12.6 Å². The SMILES string of the molecule is C[C@H](CN)NC(=O)OC(C)(C)C.Cl. The first-order valence-corrected chi connectivity index (χ1v) is 4.04. The highest BCUT2D eigenvalue weighted by molar-refractivity contribution is 5.85. The van der Waals surface area contributed by atoms with Crippen LogP contribution in [0, 0.1) is 0 Å². The zero-order valence-electron chi connectivity index (χ0n) is 8.59. The van der Waals surface area contributed by atoms with Crippen LogP contribution in [0.4, 0.5) is 4.79 Å². The van der Waals surface area contributed by atoms with Gasteiger partial charge in [0.2, 0.25) is 0 Å². The van der Waals surface area contributed by atoms with E-state index >= 15 is 0 Å². The van der Waals surface area contributed by atoms with Crippen molar-refractivity contribution in [3.8, 4) is 0 Å². The topological polar surface area (TPSA) is 64.3 Å². The molecule has 0 aromatic heterocycles. The quantitative estimate of drug-likeness (QED) is 0.722. The summed E-state index contributed by atoms with van der Waals surface area (Å²) in [5.41, 5.74) is 4.87. The van der Waals surface area contributed by atoms with Gasteiger partial charge in [-0.2, -0.15) is 0 Å². The first kappa shape index (κ1) is 15.0. The van der Waals surface area contributed by atoms with Crippen molar-refractivity contribution >= 4 is 18.5 Å². The fraction of sp³-hybridized carbons (Fsp3) is 0.875. The Kier molecular flexibility index (Phi) is 6.98. The molecule has 0 saturated carbocycles. The van der Waals surface area contributed by atoms with Crippen LogP contribution >= 0.6 is 12.4 Å². The average molecular weight is 211 g/mol. The molecule has 0 aromatic carbocycles. The summed E-state index contributed by atoms with van der Waals surface area (Å²) >= 11 is 0. The fourth-order valence-electron chi connectivity index (χ4n) is 0.568. The van der Waals surface area contributed by atoms with E-state index in [1.54, 1.807) is 0 Å². The molecule has 0 aromatic rings. The Labute approximate surface area is 85.6 Å². The lowest BCUT2D eigenvalue weighted by Crippen LogP contribution is -2.41. The molecule has 0 aliphatic rings. The largest absolute Gasteiger partial charge is 0.444 e. The first-order valence-electron chi connectivity index (χ1n) is 4.04. The predicted octanol–water partition coefficient (Wildman–Crippen LogP) is 1.28. The van der Waals surface area contributed by atoms with Crippen molar-refractivity contribution in [3.63, 3.8) is 0 Å². The van der Waals surface area contributed by atoms with E-state index in [-0.39, 0.29) is 18.4 Å². The Morgan fingerprint density at radius 3 is 2.31 bits per heavy atom. The molecule has 0 spiro atoms. The number of ether oxygens (including phenoxy) is 1. The van der Waals surface area contributed by atoms with Crippen molar-refractivity contribution in [1.29, 1.82) is 0 Å². The molecule has 3 N–H and O–H groups in total. The van der Waals surface area contributed by atoms with E-state index in [0.717, 1.165) is 0 Å². The fourth-order valence-corrected chi connectivity index (χ4v) is 0.568. The molecular formula is C8H19ClN2O2. The summed E-state index contributed by atoms with van der Waals surface area (Å²) in [7, 11) is 0. The van der Waals surface area contributed by atoms with Crippen molar-refractivity contribution in [1.82, 2.24) is 5.32 Å². The van der Waals surface area contributed by atoms with E-state index in [1.165, 1.54) is 0 Å². The highest BCUT2D eigenvalue weighted by Crippen LogP contribution is 2.06. The summed E-state index contributed by atoms with van der Waals surface area (Å²) in [5.74, 6) is 0. The minimum Gasteiger partial charge on any atom is -0.444 e. The molecule has 80 valence electrons. The Hall–Kier alpha value is -0.480. The number of halogens is 1. The molecule has 1 atom stereocenters. The third-order valence-electron chi connectivity index (χ3n) is 1.12. The molecule has 0 radical (unpaired) electrons. The third kappa shape index (κ3) is 9.43. The maximum Gasteiger partial charge on any atom is 0.407 e. The van der Waals surface area contributed by atoms with E-state index in [1.807, 2.05) is 27.7 Å². The third-order valence-corrected chi connectivity index (χ3v) is 1.12. The molecule has 0 unspecified atom stereocenters. The summed E-state index contributed by atoms with van der Waals surface area (Å²) in [6.07, 6.45) is -0.416. The molecule has 0 saturated heterocycles. The summed E-state index contributed by atoms with van der Waals surface area (Å²) in [5, 5.41) is 2.60. The van der Waals surface area contributed by atoms with Crippen molar-refractivity contribution in [3.05, 3.63) is 0 Å². The Balaban J connectivity index is 0. The van der Waals surface area contributed by atoms with Crippen molar-refractivity contribution in [2.24, 2.45) is 5.73 Å². The van der Waals surface area contributed by atoms with Crippen LogP contribution in [0.25, 0.3) is 0 Å². The molecule has 0 aliphatic heterocycles. The monoisotopic (exact) mass is 210 g/mol. The first-order chi connectivity index (χ1) is 5.35. The lowest BCUT2D eigenvalue weighted by atomic mass is 10.2. The molecular weight excluding hydrogens is 192 g/mol. The minimum absolute atomic E-state index is 0. The van der Waals surface area contributed by atoms with Crippen LogP contribution in [-0.2, 0) is 4.74 Å². The summed E-state index contributed by atoms with van der Waals surface area (Å²) in [4.78, 5) is 11.0. The van der Waals surface area contributed by atoms with Gasteiger partial charge < -0.3 is 15.8 Å².